The van der Waals surface area contributed by atoms with Crippen molar-refractivity contribution in [2.45, 2.75) is 198 Å². The highest BCUT2D eigenvalue weighted by Crippen LogP contribution is 2.77. The first-order valence-electron chi connectivity index (χ1n) is 23.8. The number of rotatable bonds is 8. The summed E-state index contributed by atoms with van der Waals surface area (Å²) < 4.78 is 35.3. The molecule has 0 radical (unpaired) electrons. The van der Waals surface area contributed by atoms with Gasteiger partial charge in [0.1, 0.15) is 67.1 Å². The molecule has 8 aliphatic rings. The van der Waals surface area contributed by atoms with Gasteiger partial charge in [0.2, 0.25) is 6.29 Å². The van der Waals surface area contributed by atoms with Crippen molar-refractivity contribution < 1.29 is 84.3 Å². The third kappa shape index (κ3) is 7.49. The fraction of sp³-hybridized carbons (Fsp3) is 0.936. The first kappa shape index (κ1) is 49.0. The average Bonchev–Trinajstić information content (AvgIpc) is 3.25. The Morgan fingerprint density at radius 3 is 2.03 bits per heavy atom. The summed E-state index contributed by atoms with van der Waals surface area (Å²) in [7, 11) is 0. The van der Waals surface area contributed by atoms with Crippen LogP contribution in [0.5, 0.6) is 0 Å². The van der Waals surface area contributed by atoms with Crippen molar-refractivity contribution in [2.75, 3.05) is 19.8 Å². The number of ether oxygens (including phenoxy) is 6. The highest BCUT2D eigenvalue weighted by Gasteiger charge is 2.72. The van der Waals surface area contributed by atoms with E-state index < -0.39 is 111 Å². The normalized spacial score (nSPS) is 54.9. The molecule has 0 aromatic heterocycles. The predicted molar refractivity (Wildman–Crippen MR) is 224 cm³/mol. The van der Waals surface area contributed by atoms with Crippen molar-refractivity contribution in [1.82, 2.24) is 0 Å². The van der Waals surface area contributed by atoms with Gasteiger partial charge in [0.25, 0.3) is 0 Å². The first-order valence-corrected chi connectivity index (χ1v) is 23.8. The van der Waals surface area contributed by atoms with Crippen LogP contribution in [-0.2, 0) is 33.2 Å². The van der Waals surface area contributed by atoms with Gasteiger partial charge in [-0.3, -0.25) is 4.79 Å². The standard InChI is InChI=1S/C47H76O17/c1-21-10-15-47(42(58)64-41-38(57)35(54)33(52)26(62-41)20-60-39-37(56)34(53)32(51)25(18-48)61-39)17-16-45(6)23(30(47)22(21)2)8-9-28-44(5)13-12-29(43(3,4)27(44)11-14-46(28,45)7)63-40-36(55)31(50)24(49)19-59-40/h10,22-41,48-57H,8-9,11-20H2,1-7H3/t22-,23-,24+,25-,26-,27+,28-,29+,30+,31+,32-,33-,34+,35+,36-,37-,38-,39-,40+,41+,44+,45-,46-,47+/m1/s1. The molecule has 3 heterocycles. The van der Waals surface area contributed by atoms with Gasteiger partial charge >= 0.3 is 5.97 Å². The summed E-state index contributed by atoms with van der Waals surface area (Å²) in [5, 5.41) is 105. The molecule has 0 aromatic carbocycles. The van der Waals surface area contributed by atoms with E-state index in [2.05, 4.69) is 54.5 Å². The van der Waals surface area contributed by atoms with Crippen LogP contribution in [0.1, 0.15) is 106 Å². The van der Waals surface area contributed by atoms with Crippen molar-refractivity contribution in [3.05, 3.63) is 11.6 Å². The summed E-state index contributed by atoms with van der Waals surface area (Å²) in [4.78, 5) is 15.0. The quantitative estimate of drug-likeness (QED) is 0.0909. The van der Waals surface area contributed by atoms with E-state index in [1.165, 1.54) is 5.57 Å². The molecule has 0 aromatic rings. The summed E-state index contributed by atoms with van der Waals surface area (Å²) in [6, 6.07) is 0. The average molecular weight is 913 g/mol. The molecule has 0 unspecified atom stereocenters. The second-order valence-corrected chi connectivity index (χ2v) is 22.5. The predicted octanol–water partition coefficient (Wildman–Crippen LogP) is 0.636. The van der Waals surface area contributed by atoms with E-state index in [0.29, 0.717) is 24.7 Å². The molecule has 3 aliphatic heterocycles. The molecule has 17 heteroatoms. The number of aliphatic hydroxyl groups is 10. The Kier molecular flexibility index (Phi) is 13.4. The van der Waals surface area contributed by atoms with Gasteiger partial charge in [-0.1, -0.05) is 53.2 Å². The first-order chi connectivity index (χ1) is 30.0. The summed E-state index contributed by atoms with van der Waals surface area (Å²) >= 11 is 0. The van der Waals surface area contributed by atoms with E-state index in [1.807, 2.05) is 0 Å². The number of fused-ring (bicyclic) bond motifs is 7. The van der Waals surface area contributed by atoms with Gasteiger partial charge < -0.3 is 79.5 Å². The van der Waals surface area contributed by atoms with Crippen LogP contribution in [0.15, 0.2) is 11.6 Å². The van der Waals surface area contributed by atoms with Crippen molar-refractivity contribution in [3.63, 3.8) is 0 Å². The summed E-state index contributed by atoms with van der Waals surface area (Å²) in [5.41, 5.74) is -0.222. The zero-order valence-electron chi connectivity index (χ0n) is 38.4. The second-order valence-electron chi connectivity index (χ2n) is 22.5. The fourth-order valence-electron chi connectivity index (χ4n) is 15.3. The molecule has 10 N–H and O–H groups in total. The Bertz CT molecular complexity index is 1730. The number of esters is 1. The van der Waals surface area contributed by atoms with Crippen molar-refractivity contribution in [1.29, 1.82) is 0 Å². The van der Waals surface area contributed by atoms with Gasteiger partial charge in [-0.15, -0.1) is 0 Å². The smallest absolute Gasteiger partial charge is 0.315 e. The van der Waals surface area contributed by atoms with Crippen LogP contribution in [-0.4, -0.2) is 169 Å². The lowest BCUT2D eigenvalue weighted by atomic mass is 9.31. The second kappa shape index (κ2) is 17.5. The summed E-state index contributed by atoms with van der Waals surface area (Å²) in [6.07, 6.45) is -11.8. The number of aliphatic hydroxyl groups excluding tert-OH is 10. The van der Waals surface area contributed by atoms with Gasteiger partial charge in [0.15, 0.2) is 12.6 Å². The van der Waals surface area contributed by atoms with Gasteiger partial charge in [-0.25, -0.2) is 0 Å². The molecule has 366 valence electrons. The van der Waals surface area contributed by atoms with Gasteiger partial charge in [0, 0.05) is 0 Å². The number of carbonyl (C=O) groups excluding carboxylic acids is 1. The summed E-state index contributed by atoms with van der Waals surface area (Å²) in [6.45, 7) is 14.9. The minimum atomic E-state index is -1.79. The van der Waals surface area contributed by atoms with Crippen LogP contribution in [0.25, 0.3) is 0 Å². The Labute approximate surface area is 376 Å². The van der Waals surface area contributed by atoms with E-state index in [0.717, 1.165) is 44.9 Å². The third-order valence-corrected chi connectivity index (χ3v) is 19.4. The molecule has 3 saturated heterocycles. The van der Waals surface area contributed by atoms with Crippen molar-refractivity contribution in [3.8, 4) is 0 Å². The lowest BCUT2D eigenvalue weighted by molar-refractivity contribution is -0.329. The third-order valence-electron chi connectivity index (χ3n) is 19.4. The number of carbonyl (C=O) groups is 1. The lowest BCUT2D eigenvalue weighted by Gasteiger charge is -2.73. The van der Waals surface area contributed by atoms with Crippen LogP contribution in [0, 0.1) is 56.7 Å². The molecular formula is C47H76O17. The monoisotopic (exact) mass is 913 g/mol. The van der Waals surface area contributed by atoms with Crippen LogP contribution >= 0.6 is 0 Å². The minimum Gasteiger partial charge on any atom is -0.432 e. The molecule has 64 heavy (non-hydrogen) atoms. The van der Waals surface area contributed by atoms with E-state index in [9.17, 15) is 55.9 Å². The van der Waals surface area contributed by atoms with Gasteiger partial charge in [-0.05, 0) is 116 Å². The van der Waals surface area contributed by atoms with Crippen LogP contribution in [0.2, 0.25) is 0 Å². The van der Waals surface area contributed by atoms with E-state index in [1.54, 1.807) is 0 Å². The maximum atomic E-state index is 15.0. The SMILES string of the molecule is CC1=CC[C@]2(C(=O)O[C@@H]3O[C@H](CO[C@@H]4O[C@H](CO)[C@@H](O)[C@H](O)[C@H]4O)[C@@H](O)[C@H](O)[C@H]3O)CC[C@]3(C)[C@H](CC[C@@H]4[C@@]5(C)CC[C@H](O[C@@H]6OC[C@H](O)[C@H](O)[C@H]6O)C(C)(C)[C@@H]5CC[C@]43C)[C@@H]2[C@@H]1C. The van der Waals surface area contributed by atoms with E-state index in [-0.39, 0.29) is 52.1 Å². The Morgan fingerprint density at radius 1 is 0.703 bits per heavy atom. The topological polar surface area (TPSA) is 275 Å². The van der Waals surface area contributed by atoms with Crippen molar-refractivity contribution in [2.24, 2.45) is 56.7 Å². The maximum Gasteiger partial charge on any atom is 0.315 e. The fourth-order valence-corrected chi connectivity index (χ4v) is 15.3. The molecule has 24 atom stereocenters. The largest absolute Gasteiger partial charge is 0.432 e. The zero-order valence-corrected chi connectivity index (χ0v) is 38.4. The molecular weight excluding hydrogens is 836 g/mol. The molecule has 0 bridgehead atoms. The maximum absolute atomic E-state index is 15.0. The minimum absolute atomic E-state index is 0.0174. The van der Waals surface area contributed by atoms with E-state index >= 15 is 0 Å². The number of hydrogen-bond donors (Lipinski definition) is 10. The van der Waals surface area contributed by atoms with Crippen molar-refractivity contribution >= 4 is 5.97 Å². The Hall–Kier alpha value is -1.39. The molecule has 4 saturated carbocycles. The zero-order chi connectivity index (χ0) is 46.6. The highest BCUT2D eigenvalue weighted by molar-refractivity contribution is 5.78. The summed E-state index contributed by atoms with van der Waals surface area (Å²) in [5.74, 6) is 0.290. The molecule has 5 aliphatic carbocycles. The number of allylic oxidation sites excluding steroid dienone is 2. The van der Waals surface area contributed by atoms with Gasteiger partial charge in [-0.2, -0.15) is 0 Å². The van der Waals surface area contributed by atoms with Crippen LogP contribution < -0.4 is 0 Å². The molecule has 7 fully saturated rings. The Morgan fingerprint density at radius 2 is 1.34 bits per heavy atom. The van der Waals surface area contributed by atoms with E-state index in [4.69, 9.17) is 28.4 Å². The van der Waals surface area contributed by atoms with Gasteiger partial charge in [0.05, 0.1) is 31.3 Å². The molecule has 0 spiro atoms. The molecule has 8 rings (SSSR count). The highest BCUT2D eigenvalue weighted by atomic mass is 16.7. The molecule has 17 nitrogen and oxygen atoms in total. The Balaban J connectivity index is 0.996. The van der Waals surface area contributed by atoms with Crippen LogP contribution in [0.4, 0.5) is 0 Å². The lowest BCUT2D eigenvalue weighted by Crippen LogP contribution is -2.68. The molecule has 0 amide bonds. The number of hydrogen-bond acceptors (Lipinski definition) is 17. The van der Waals surface area contributed by atoms with Crippen LogP contribution in [0.3, 0.4) is 0 Å².